The summed E-state index contributed by atoms with van der Waals surface area (Å²) in [6.45, 7) is 1.88. The first-order valence-electron chi connectivity index (χ1n) is 6.90. The summed E-state index contributed by atoms with van der Waals surface area (Å²) in [6.07, 6.45) is -4.43. The fourth-order valence-electron chi connectivity index (χ4n) is 2.20. The van der Waals surface area contributed by atoms with Gasteiger partial charge in [0.05, 0.1) is 19.1 Å². The van der Waals surface area contributed by atoms with E-state index in [2.05, 4.69) is 5.32 Å². The number of alkyl halides is 3. The third-order valence-electron chi connectivity index (χ3n) is 3.26. The zero-order valence-electron chi connectivity index (χ0n) is 12.7. The van der Waals surface area contributed by atoms with E-state index >= 15 is 0 Å². The number of anilines is 1. The van der Waals surface area contributed by atoms with Gasteiger partial charge in [0, 0.05) is 11.3 Å². The van der Waals surface area contributed by atoms with Crippen molar-refractivity contribution in [1.29, 1.82) is 0 Å². The second kappa shape index (κ2) is 6.73. The molecule has 23 heavy (non-hydrogen) atoms. The molecule has 1 amide bonds. The second-order valence-corrected chi connectivity index (χ2v) is 5.12. The second-order valence-electron chi connectivity index (χ2n) is 5.12. The smallest absolute Gasteiger partial charge is 0.416 e. The van der Waals surface area contributed by atoms with Crippen LogP contribution in [0, 0.1) is 6.92 Å². The summed E-state index contributed by atoms with van der Waals surface area (Å²) in [5, 5.41) is 2.48. The molecule has 0 atom stereocenters. The van der Waals surface area contributed by atoms with Crippen LogP contribution in [0.1, 0.15) is 16.7 Å². The Morgan fingerprint density at radius 1 is 1.17 bits per heavy atom. The molecule has 0 aliphatic heterocycles. The standard InChI is InChI=1S/C17H16F3NO2/c1-11-6-7-15(23-2)12(8-11)9-16(22)21-14-5-3-4-13(10-14)17(18,19)20/h3-8,10H,9H2,1-2H3,(H,21,22). The van der Waals surface area contributed by atoms with Gasteiger partial charge in [-0.25, -0.2) is 0 Å². The van der Waals surface area contributed by atoms with Crippen molar-refractivity contribution in [2.75, 3.05) is 12.4 Å². The van der Waals surface area contributed by atoms with E-state index in [-0.39, 0.29) is 12.1 Å². The lowest BCUT2D eigenvalue weighted by Gasteiger charge is -2.11. The van der Waals surface area contributed by atoms with Crippen molar-refractivity contribution in [3.8, 4) is 5.75 Å². The third kappa shape index (κ3) is 4.48. The molecule has 2 aromatic rings. The van der Waals surface area contributed by atoms with Crippen LogP contribution in [0.3, 0.4) is 0 Å². The van der Waals surface area contributed by atoms with Crippen molar-refractivity contribution >= 4 is 11.6 Å². The van der Waals surface area contributed by atoms with Crippen molar-refractivity contribution in [1.82, 2.24) is 0 Å². The minimum atomic E-state index is -4.44. The number of carbonyl (C=O) groups is 1. The number of methoxy groups -OCH3 is 1. The van der Waals surface area contributed by atoms with Crippen LogP contribution in [0.2, 0.25) is 0 Å². The van der Waals surface area contributed by atoms with E-state index in [1.165, 1.54) is 19.2 Å². The third-order valence-corrected chi connectivity index (χ3v) is 3.26. The Morgan fingerprint density at radius 3 is 2.57 bits per heavy atom. The molecule has 0 bridgehead atoms. The summed E-state index contributed by atoms with van der Waals surface area (Å²) in [6, 6.07) is 9.96. The molecule has 0 fully saturated rings. The minimum absolute atomic E-state index is 0.0150. The van der Waals surface area contributed by atoms with Crippen molar-refractivity contribution < 1.29 is 22.7 Å². The van der Waals surface area contributed by atoms with Crippen molar-refractivity contribution in [2.45, 2.75) is 19.5 Å². The van der Waals surface area contributed by atoms with Gasteiger partial charge in [-0.15, -0.1) is 0 Å². The van der Waals surface area contributed by atoms with Crippen molar-refractivity contribution in [3.05, 3.63) is 59.2 Å². The maximum atomic E-state index is 12.7. The van der Waals surface area contributed by atoms with Gasteiger partial charge in [0.1, 0.15) is 5.75 Å². The number of nitrogens with one attached hydrogen (secondary N) is 1. The van der Waals surface area contributed by atoms with Crippen LogP contribution < -0.4 is 10.1 Å². The molecule has 3 nitrogen and oxygen atoms in total. The number of benzene rings is 2. The van der Waals surface area contributed by atoms with Gasteiger partial charge in [-0.1, -0.05) is 23.8 Å². The number of ether oxygens (including phenoxy) is 1. The molecule has 0 aliphatic carbocycles. The Kier molecular flexibility index (Phi) is 4.93. The average molecular weight is 323 g/mol. The summed E-state index contributed by atoms with van der Waals surface area (Å²) < 4.78 is 43.2. The van der Waals surface area contributed by atoms with Gasteiger partial charge in [-0.3, -0.25) is 4.79 Å². The predicted molar refractivity (Wildman–Crippen MR) is 81.5 cm³/mol. The number of hydrogen-bond acceptors (Lipinski definition) is 2. The maximum absolute atomic E-state index is 12.7. The summed E-state index contributed by atoms with van der Waals surface area (Å²) in [5.41, 5.74) is 0.949. The molecule has 2 aromatic carbocycles. The van der Waals surface area contributed by atoms with Gasteiger partial charge >= 0.3 is 6.18 Å². The predicted octanol–water partition coefficient (Wildman–Crippen LogP) is 4.20. The number of hydrogen-bond donors (Lipinski definition) is 1. The molecule has 0 aliphatic rings. The van der Waals surface area contributed by atoms with Crippen LogP contribution in [0.25, 0.3) is 0 Å². The van der Waals surface area contributed by atoms with E-state index in [1.54, 1.807) is 6.07 Å². The highest BCUT2D eigenvalue weighted by molar-refractivity contribution is 5.92. The van der Waals surface area contributed by atoms with Crippen molar-refractivity contribution in [3.63, 3.8) is 0 Å². The highest BCUT2D eigenvalue weighted by Gasteiger charge is 2.30. The largest absolute Gasteiger partial charge is 0.496 e. The Hall–Kier alpha value is -2.50. The molecular weight excluding hydrogens is 307 g/mol. The van der Waals surface area contributed by atoms with Crippen molar-refractivity contribution in [2.24, 2.45) is 0 Å². The average Bonchev–Trinajstić information content (AvgIpc) is 2.46. The molecule has 122 valence electrons. The quantitative estimate of drug-likeness (QED) is 0.915. The first kappa shape index (κ1) is 16.9. The van der Waals surface area contributed by atoms with E-state index in [4.69, 9.17) is 4.74 Å². The number of rotatable bonds is 4. The molecule has 0 aromatic heterocycles. The fraction of sp³-hybridized carbons (Fsp3) is 0.235. The first-order chi connectivity index (χ1) is 10.8. The normalized spacial score (nSPS) is 11.2. The molecule has 0 unspecified atom stereocenters. The highest BCUT2D eigenvalue weighted by atomic mass is 19.4. The van der Waals surface area contributed by atoms with E-state index < -0.39 is 17.6 Å². The summed E-state index contributed by atoms with van der Waals surface area (Å²) >= 11 is 0. The zero-order chi connectivity index (χ0) is 17.0. The highest BCUT2D eigenvalue weighted by Crippen LogP contribution is 2.30. The molecule has 0 saturated carbocycles. The van der Waals surface area contributed by atoms with Gasteiger partial charge in [0.2, 0.25) is 5.91 Å². The summed E-state index contributed by atoms with van der Waals surface area (Å²) in [7, 11) is 1.50. The van der Waals surface area contributed by atoms with Gasteiger partial charge in [0.25, 0.3) is 0 Å². The van der Waals surface area contributed by atoms with Crippen LogP contribution >= 0.6 is 0 Å². The van der Waals surface area contributed by atoms with Gasteiger partial charge in [0.15, 0.2) is 0 Å². The van der Waals surface area contributed by atoms with E-state index in [9.17, 15) is 18.0 Å². The molecule has 2 rings (SSSR count). The monoisotopic (exact) mass is 323 g/mol. The fourth-order valence-corrected chi connectivity index (χ4v) is 2.20. The van der Waals surface area contributed by atoms with Crippen LogP contribution in [0.15, 0.2) is 42.5 Å². The molecule has 0 saturated heterocycles. The zero-order valence-corrected chi connectivity index (χ0v) is 12.7. The lowest BCUT2D eigenvalue weighted by molar-refractivity contribution is -0.137. The van der Waals surface area contributed by atoms with Gasteiger partial charge < -0.3 is 10.1 Å². The maximum Gasteiger partial charge on any atom is 0.416 e. The Bertz CT molecular complexity index is 711. The molecule has 1 N–H and O–H groups in total. The van der Waals surface area contributed by atoms with E-state index in [0.29, 0.717) is 11.3 Å². The van der Waals surface area contributed by atoms with Crippen LogP contribution in [-0.4, -0.2) is 13.0 Å². The van der Waals surface area contributed by atoms with Crippen LogP contribution in [0.4, 0.5) is 18.9 Å². The molecule has 6 heteroatoms. The number of aryl methyl sites for hydroxylation is 1. The molecular formula is C17H16F3NO2. The summed E-state index contributed by atoms with van der Waals surface area (Å²) in [5.74, 6) is 0.156. The lowest BCUT2D eigenvalue weighted by atomic mass is 10.1. The Morgan fingerprint density at radius 2 is 1.91 bits per heavy atom. The minimum Gasteiger partial charge on any atom is -0.496 e. The Labute approximate surface area is 132 Å². The van der Waals surface area contributed by atoms with E-state index in [0.717, 1.165) is 17.7 Å². The topological polar surface area (TPSA) is 38.3 Å². The lowest BCUT2D eigenvalue weighted by Crippen LogP contribution is -2.15. The van der Waals surface area contributed by atoms with Gasteiger partial charge in [-0.05, 0) is 31.2 Å². The number of halogens is 3. The summed E-state index contributed by atoms with van der Waals surface area (Å²) in [4.78, 5) is 12.1. The first-order valence-corrected chi connectivity index (χ1v) is 6.90. The molecule has 0 spiro atoms. The number of amides is 1. The molecule has 0 radical (unpaired) electrons. The van der Waals surface area contributed by atoms with Crippen LogP contribution in [-0.2, 0) is 17.4 Å². The Balaban J connectivity index is 2.13. The molecule has 0 heterocycles. The SMILES string of the molecule is COc1ccc(C)cc1CC(=O)Nc1cccc(C(F)(F)F)c1. The number of carbonyl (C=O) groups excluding carboxylic acids is 1. The van der Waals surface area contributed by atoms with E-state index in [1.807, 2.05) is 19.1 Å². The van der Waals surface area contributed by atoms with Crippen LogP contribution in [0.5, 0.6) is 5.75 Å². The van der Waals surface area contributed by atoms with Gasteiger partial charge in [-0.2, -0.15) is 13.2 Å².